The molecule has 170 valence electrons. The first kappa shape index (κ1) is 21.6. The number of benzene rings is 1. The van der Waals surface area contributed by atoms with Gasteiger partial charge in [-0.1, -0.05) is 36.8 Å². The summed E-state index contributed by atoms with van der Waals surface area (Å²) in [6, 6.07) is 6.98. The normalized spacial score (nSPS) is 29.6. The van der Waals surface area contributed by atoms with Gasteiger partial charge < -0.3 is 4.74 Å². The van der Waals surface area contributed by atoms with Gasteiger partial charge in [0, 0.05) is 31.7 Å². The second-order valence-corrected chi connectivity index (χ2v) is 11.2. The van der Waals surface area contributed by atoms with E-state index in [0.717, 1.165) is 77.8 Å². The van der Waals surface area contributed by atoms with Gasteiger partial charge in [-0.3, -0.25) is 4.90 Å². The molecular weight excluding hydrogens is 410 g/mol. The van der Waals surface area contributed by atoms with E-state index in [4.69, 9.17) is 4.74 Å². The highest BCUT2D eigenvalue weighted by Gasteiger charge is 2.41. The van der Waals surface area contributed by atoms with E-state index >= 15 is 0 Å². The van der Waals surface area contributed by atoms with Gasteiger partial charge in [0.25, 0.3) is 10.2 Å². The first-order chi connectivity index (χ1) is 15.1. The molecule has 3 atom stereocenters. The molecule has 0 radical (unpaired) electrons. The average molecular weight is 446 g/mol. The fraction of sp³-hybridized carbons (Fsp3) is 0.667. The Hall–Kier alpha value is -1.25. The summed E-state index contributed by atoms with van der Waals surface area (Å²) in [7, 11) is -3.43. The number of hydrogen-bond acceptors (Lipinski definition) is 4. The van der Waals surface area contributed by atoms with Crippen LogP contribution in [-0.2, 0) is 27.8 Å². The molecule has 0 amide bonds. The molecule has 1 heterocycles. The van der Waals surface area contributed by atoms with Crippen LogP contribution in [0.3, 0.4) is 0 Å². The quantitative estimate of drug-likeness (QED) is 0.677. The summed E-state index contributed by atoms with van der Waals surface area (Å²) in [5.74, 6) is 0.781. The number of ether oxygens (including phenoxy) is 1. The lowest BCUT2D eigenvalue weighted by Gasteiger charge is -2.29. The molecule has 31 heavy (non-hydrogen) atoms. The minimum absolute atomic E-state index is 0.0466. The van der Waals surface area contributed by atoms with Crippen LogP contribution in [0.15, 0.2) is 24.3 Å². The molecule has 1 aromatic rings. The topological polar surface area (TPSA) is 70.7 Å². The molecule has 0 aromatic heterocycles. The molecule has 3 aliphatic carbocycles. The zero-order chi connectivity index (χ0) is 21.3. The summed E-state index contributed by atoms with van der Waals surface area (Å²) in [5.41, 5.74) is 4.04. The van der Waals surface area contributed by atoms with E-state index in [2.05, 4.69) is 44.7 Å². The maximum atomic E-state index is 12.7. The number of nitrogens with one attached hydrogen (secondary N) is 2. The Balaban J connectivity index is 1.24. The Morgan fingerprint density at radius 1 is 1.00 bits per heavy atom. The van der Waals surface area contributed by atoms with E-state index in [-0.39, 0.29) is 12.1 Å². The standard InChI is InChI=1S/C24H35N3O3S/c28-31(29,25-23-4-1-5-23)26-24-20-8-9-21(24)17-22-15-18(6-7-19(22)16-20)3-2-10-27-11-13-30-14-12-27/h2-3,6-7,15,20-21,23-26H,1,4-5,8-14,16-17H2/b3-2+/t20-,21+,24-/m1/s1. The summed E-state index contributed by atoms with van der Waals surface area (Å²) in [6.07, 6.45) is 11.7. The first-order valence-corrected chi connectivity index (χ1v) is 13.4. The molecule has 2 bridgehead atoms. The SMILES string of the molecule is O=S(=O)(NC1CCC1)N[C@@H]1[C@@H]2CC[C@H]1Cc1cc(/C=C/CN3CCOCC3)ccc1C2. The van der Waals surface area contributed by atoms with E-state index in [9.17, 15) is 8.42 Å². The van der Waals surface area contributed by atoms with Gasteiger partial charge in [0.2, 0.25) is 0 Å². The molecule has 1 saturated heterocycles. The molecule has 2 saturated carbocycles. The third-order valence-corrected chi connectivity index (χ3v) is 8.84. The molecule has 3 fully saturated rings. The van der Waals surface area contributed by atoms with Crippen LogP contribution in [0.4, 0.5) is 0 Å². The Morgan fingerprint density at radius 3 is 2.45 bits per heavy atom. The van der Waals surface area contributed by atoms with Crippen LogP contribution in [-0.4, -0.2) is 58.2 Å². The highest BCUT2D eigenvalue weighted by molar-refractivity contribution is 7.87. The fourth-order valence-corrected chi connectivity index (χ4v) is 7.09. The summed E-state index contributed by atoms with van der Waals surface area (Å²) in [4.78, 5) is 2.41. The van der Waals surface area contributed by atoms with Crippen molar-refractivity contribution in [3.63, 3.8) is 0 Å². The predicted octanol–water partition coefficient (Wildman–Crippen LogP) is 2.50. The van der Waals surface area contributed by atoms with Gasteiger partial charge in [0.05, 0.1) is 13.2 Å². The van der Waals surface area contributed by atoms with Gasteiger partial charge >= 0.3 is 0 Å². The highest BCUT2D eigenvalue weighted by atomic mass is 32.2. The van der Waals surface area contributed by atoms with Crippen molar-refractivity contribution >= 4 is 16.3 Å². The van der Waals surface area contributed by atoms with E-state index in [1.54, 1.807) is 0 Å². The molecule has 1 aliphatic heterocycles. The zero-order valence-electron chi connectivity index (χ0n) is 18.3. The van der Waals surface area contributed by atoms with Gasteiger partial charge in [0.1, 0.15) is 0 Å². The molecule has 1 aromatic carbocycles. The first-order valence-electron chi connectivity index (χ1n) is 11.9. The monoisotopic (exact) mass is 445 g/mol. The molecule has 4 aliphatic rings. The minimum atomic E-state index is -3.43. The van der Waals surface area contributed by atoms with Gasteiger partial charge in [-0.05, 0) is 67.1 Å². The number of nitrogens with zero attached hydrogens (tertiary/aromatic N) is 1. The molecule has 2 N–H and O–H groups in total. The lowest BCUT2D eigenvalue weighted by molar-refractivity contribution is 0.0435. The van der Waals surface area contributed by atoms with Gasteiger partial charge in [-0.25, -0.2) is 0 Å². The van der Waals surface area contributed by atoms with Crippen molar-refractivity contribution in [2.75, 3.05) is 32.8 Å². The summed E-state index contributed by atoms with van der Waals surface area (Å²) < 4.78 is 36.6. The van der Waals surface area contributed by atoms with Crippen LogP contribution in [0.25, 0.3) is 6.08 Å². The van der Waals surface area contributed by atoms with Crippen LogP contribution in [0.5, 0.6) is 0 Å². The van der Waals surface area contributed by atoms with E-state index in [1.165, 1.54) is 16.7 Å². The van der Waals surface area contributed by atoms with Crippen molar-refractivity contribution in [3.05, 3.63) is 41.0 Å². The largest absolute Gasteiger partial charge is 0.379 e. The van der Waals surface area contributed by atoms with Gasteiger partial charge in [-0.15, -0.1) is 0 Å². The van der Waals surface area contributed by atoms with Gasteiger partial charge in [-0.2, -0.15) is 17.9 Å². The Labute approximate surface area is 186 Å². The Morgan fingerprint density at radius 2 is 1.74 bits per heavy atom. The van der Waals surface area contributed by atoms with Crippen molar-refractivity contribution in [3.8, 4) is 0 Å². The summed E-state index contributed by atoms with van der Waals surface area (Å²) in [6.45, 7) is 4.63. The van der Waals surface area contributed by atoms with Crippen molar-refractivity contribution < 1.29 is 13.2 Å². The van der Waals surface area contributed by atoms with Crippen molar-refractivity contribution in [2.45, 2.75) is 57.0 Å². The van der Waals surface area contributed by atoms with Gasteiger partial charge in [0.15, 0.2) is 0 Å². The predicted molar refractivity (Wildman–Crippen MR) is 123 cm³/mol. The van der Waals surface area contributed by atoms with Crippen LogP contribution in [0, 0.1) is 11.8 Å². The molecule has 0 unspecified atom stereocenters. The van der Waals surface area contributed by atoms with Crippen molar-refractivity contribution in [1.29, 1.82) is 0 Å². The molecule has 5 rings (SSSR count). The highest BCUT2D eigenvalue weighted by Crippen LogP contribution is 2.40. The van der Waals surface area contributed by atoms with Crippen LogP contribution >= 0.6 is 0 Å². The minimum Gasteiger partial charge on any atom is -0.379 e. The van der Waals surface area contributed by atoms with E-state index in [0.29, 0.717) is 11.8 Å². The van der Waals surface area contributed by atoms with E-state index < -0.39 is 10.2 Å². The van der Waals surface area contributed by atoms with Crippen LogP contribution in [0.1, 0.15) is 48.8 Å². The summed E-state index contributed by atoms with van der Waals surface area (Å²) >= 11 is 0. The second-order valence-electron chi connectivity index (χ2n) is 9.74. The lowest BCUT2D eigenvalue weighted by atomic mass is 9.92. The van der Waals surface area contributed by atoms with Crippen LogP contribution in [0.2, 0.25) is 0 Å². The molecule has 6 nitrogen and oxygen atoms in total. The van der Waals surface area contributed by atoms with Crippen LogP contribution < -0.4 is 9.44 Å². The average Bonchev–Trinajstić information content (AvgIpc) is 2.99. The fourth-order valence-electron chi connectivity index (χ4n) is 5.61. The third kappa shape index (κ3) is 5.22. The maximum absolute atomic E-state index is 12.7. The van der Waals surface area contributed by atoms with Crippen molar-refractivity contribution in [1.82, 2.24) is 14.3 Å². The smallest absolute Gasteiger partial charge is 0.277 e. The molecular formula is C24H35N3O3S. The van der Waals surface area contributed by atoms with Crippen molar-refractivity contribution in [2.24, 2.45) is 11.8 Å². The van der Waals surface area contributed by atoms with E-state index in [1.807, 2.05) is 0 Å². The Kier molecular flexibility index (Phi) is 6.49. The third-order valence-electron chi connectivity index (χ3n) is 7.61. The summed E-state index contributed by atoms with van der Waals surface area (Å²) in [5, 5.41) is 0. The molecule has 7 heteroatoms. The second kappa shape index (κ2) is 9.32. The maximum Gasteiger partial charge on any atom is 0.277 e. The Bertz CT molecular complexity index is 907. The number of hydrogen-bond donors (Lipinski definition) is 2. The number of morpholine rings is 1. The zero-order valence-corrected chi connectivity index (χ0v) is 19.1. The number of fused-ring (bicyclic) bond motifs is 3. The number of rotatable bonds is 7. The molecule has 0 spiro atoms. The lowest BCUT2D eigenvalue weighted by Crippen LogP contribution is -2.51.